The summed E-state index contributed by atoms with van der Waals surface area (Å²) in [5.74, 6) is -1.19. The highest BCUT2D eigenvalue weighted by atomic mass is 32.2. The first-order valence-electron chi connectivity index (χ1n) is 7.56. The number of benzene rings is 1. The molecule has 128 valence electrons. The molecule has 1 fully saturated rings. The molecule has 2 heterocycles. The second kappa shape index (κ2) is 7.28. The van der Waals surface area contributed by atoms with Gasteiger partial charge in [0.2, 0.25) is 0 Å². The number of nitrogens with zero attached hydrogens (tertiary/aromatic N) is 2. The molecule has 3 rings (SSSR count). The van der Waals surface area contributed by atoms with Crippen LogP contribution in [0.3, 0.4) is 0 Å². The van der Waals surface area contributed by atoms with Crippen LogP contribution in [0.15, 0.2) is 29.2 Å². The zero-order valence-corrected chi connectivity index (χ0v) is 15.2. The summed E-state index contributed by atoms with van der Waals surface area (Å²) in [5, 5.41) is 17.9. The van der Waals surface area contributed by atoms with Crippen LogP contribution in [0.5, 0.6) is 0 Å². The molecule has 0 radical (unpaired) electrons. The number of thioether (sulfide) groups is 1. The van der Waals surface area contributed by atoms with Crippen molar-refractivity contribution in [2.45, 2.75) is 19.3 Å². The number of ether oxygens (including phenoxy) is 1. The van der Waals surface area contributed by atoms with Crippen molar-refractivity contribution in [2.24, 2.45) is 0 Å². The monoisotopic (exact) mass is 373 g/mol. The van der Waals surface area contributed by atoms with Crippen LogP contribution in [0.1, 0.15) is 38.8 Å². The molecular weight excluding hydrogens is 358 g/mol. The number of allylic oxidation sites excluding steroid dienone is 1. The average Bonchev–Trinajstić information content (AvgIpc) is 3.19. The third-order valence-corrected chi connectivity index (χ3v) is 5.78. The van der Waals surface area contributed by atoms with Gasteiger partial charge in [0, 0.05) is 0 Å². The number of nitrogens with one attached hydrogen (secondary N) is 1. The van der Waals surface area contributed by atoms with E-state index < -0.39 is 11.9 Å². The van der Waals surface area contributed by atoms with Gasteiger partial charge in [0.15, 0.2) is 5.78 Å². The van der Waals surface area contributed by atoms with Gasteiger partial charge in [-0.3, -0.25) is 10.2 Å². The molecule has 0 bridgehead atoms. The minimum Gasteiger partial charge on any atom is -0.465 e. The lowest BCUT2D eigenvalue weighted by Crippen LogP contribution is -2.11. The van der Waals surface area contributed by atoms with Gasteiger partial charge in [-0.15, -0.1) is 21.5 Å². The highest BCUT2D eigenvalue weighted by Gasteiger charge is 2.39. The van der Waals surface area contributed by atoms with Crippen molar-refractivity contribution in [3.05, 3.63) is 50.3 Å². The number of aryl methyl sites for hydroxylation is 1. The quantitative estimate of drug-likeness (QED) is 0.653. The molecule has 2 aromatic rings. The Morgan fingerprint density at radius 2 is 2.04 bits per heavy atom. The standard InChI is InChI=1S/C17H15N3O3S2/c1-3-12-19-20-16(25-12)13-14(21)11(24-15(13)18)8-9-4-6-10(7-5-9)17(22)23-2/h4-8,13,18H,3H2,1-2H3/b11-8-,18-15?/t13-/m1/s1. The number of esters is 1. The highest BCUT2D eigenvalue weighted by Crippen LogP contribution is 2.41. The number of hydrogen-bond donors (Lipinski definition) is 1. The molecule has 1 aromatic heterocycles. The molecule has 0 spiro atoms. The van der Waals surface area contributed by atoms with E-state index in [0.29, 0.717) is 15.5 Å². The molecule has 1 N–H and O–H groups in total. The van der Waals surface area contributed by atoms with Crippen LogP contribution in [-0.4, -0.2) is 34.1 Å². The number of methoxy groups -OCH3 is 1. The van der Waals surface area contributed by atoms with E-state index in [1.54, 1.807) is 30.3 Å². The number of ketones is 1. The molecule has 1 aliphatic rings. The van der Waals surface area contributed by atoms with Crippen LogP contribution in [0.25, 0.3) is 6.08 Å². The van der Waals surface area contributed by atoms with Gasteiger partial charge in [0.25, 0.3) is 0 Å². The van der Waals surface area contributed by atoms with Gasteiger partial charge in [-0.1, -0.05) is 30.8 Å². The first-order chi connectivity index (χ1) is 12.0. The van der Waals surface area contributed by atoms with Crippen LogP contribution in [0.2, 0.25) is 0 Å². The van der Waals surface area contributed by atoms with Crippen molar-refractivity contribution in [1.82, 2.24) is 10.2 Å². The Morgan fingerprint density at radius 3 is 2.64 bits per heavy atom. The predicted octanol–water partition coefficient (Wildman–Crippen LogP) is 3.30. The molecular formula is C17H15N3O3S2. The summed E-state index contributed by atoms with van der Waals surface area (Å²) in [4.78, 5) is 24.6. The van der Waals surface area contributed by atoms with Crippen molar-refractivity contribution in [3.63, 3.8) is 0 Å². The second-order valence-electron chi connectivity index (χ2n) is 5.27. The smallest absolute Gasteiger partial charge is 0.337 e. The van der Waals surface area contributed by atoms with Crippen LogP contribution < -0.4 is 0 Å². The third-order valence-electron chi connectivity index (χ3n) is 3.65. The number of carbonyl (C=O) groups excluding carboxylic acids is 2. The minimum absolute atomic E-state index is 0.133. The van der Waals surface area contributed by atoms with Crippen LogP contribution in [0.4, 0.5) is 0 Å². The van der Waals surface area contributed by atoms with Gasteiger partial charge in [-0.2, -0.15) is 0 Å². The first kappa shape index (κ1) is 17.5. The minimum atomic E-state index is -0.650. The van der Waals surface area contributed by atoms with E-state index in [4.69, 9.17) is 5.41 Å². The second-order valence-corrected chi connectivity index (χ2v) is 7.45. The normalized spacial score (nSPS) is 18.8. The molecule has 0 amide bonds. The van der Waals surface area contributed by atoms with Crippen molar-refractivity contribution < 1.29 is 14.3 Å². The van der Waals surface area contributed by atoms with E-state index in [-0.39, 0.29) is 10.8 Å². The lowest BCUT2D eigenvalue weighted by molar-refractivity contribution is -0.114. The van der Waals surface area contributed by atoms with Gasteiger partial charge < -0.3 is 4.74 Å². The molecule has 1 aliphatic heterocycles. The van der Waals surface area contributed by atoms with Gasteiger partial charge in [-0.05, 0) is 30.2 Å². The fourth-order valence-electron chi connectivity index (χ4n) is 2.32. The third kappa shape index (κ3) is 3.54. The molecule has 1 saturated heterocycles. The molecule has 0 saturated carbocycles. The summed E-state index contributed by atoms with van der Waals surface area (Å²) in [7, 11) is 1.33. The summed E-state index contributed by atoms with van der Waals surface area (Å²) in [6.07, 6.45) is 2.48. The zero-order valence-electron chi connectivity index (χ0n) is 13.6. The Bertz CT molecular complexity index is 872. The fraction of sp³-hybridized carbons (Fsp3) is 0.235. The van der Waals surface area contributed by atoms with Gasteiger partial charge in [0.05, 0.1) is 22.6 Å². The van der Waals surface area contributed by atoms with E-state index in [2.05, 4.69) is 14.9 Å². The lowest BCUT2D eigenvalue weighted by Gasteiger charge is -2.01. The summed E-state index contributed by atoms with van der Waals surface area (Å²) in [6, 6.07) is 6.77. The average molecular weight is 373 g/mol. The maximum absolute atomic E-state index is 12.7. The molecule has 25 heavy (non-hydrogen) atoms. The number of Topliss-reactive ketones (excluding diaryl/α,β-unsaturated/α-hetero) is 1. The lowest BCUT2D eigenvalue weighted by atomic mass is 10.0. The summed E-state index contributed by atoms with van der Waals surface area (Å²) < 4.78 is 4.66. The predicted molar refractivity (Wildman–Crippen MR) is 98.1 cm³/mol. The Hall–Kier alpha value is -2.32. The van der Waals surface area contributed by atoms with Crippen LogP contribution >= 0.6 is 23.1 Å². The molecule has 1 atom stereocenters. The highest BCUT2D eigenvalue weighted by molar-refractivity contribution is 8.19. The number of rotatable bonds is 4. The van der Waals surface area contributed by atoms with E-state index in [1.165, 1.54) is 18.4 Å². The summed E-state index contributed by atoms with van der Waals surface area (Å²) in [5.41, 5.74) is 1.23. The van der Waals surface area contributed by atoms with Crippen molar-refractivity contribution >= 4 is 46.0 Å². The Balaban J connectivity index is 1.83. The zero-order chi connectivity index (χ0) is 18.0. The first-order valence-corrected chi connectivity index (χ1v) is 9.19. The largest absolute Gasteiger partial charge is 0.465 e. The van der Waals surface area contributed by atoms with Crippen LogP contribution in [-0.2, 0) is 16.0 Å². The van der Waals surface area contributed by atoms with Gasteiger partial charge >= 0.3 is 5.97 Å². The maximum Gasteiger partial charge on any atom is 0.337 e. The molecule has 1 aromatic carbocycles. The fourth-order valence-corrected chi connectivity index (χ4v) is 4.28. The molecule has 6 nitrogen and oxygen atoms in total. The maximum atomic E-state index is 12.7. The van der Waals surface area contributed by atoms with E-state index >= 15 is 0 Å². The van der Waals surface area contributed by atoms with Gasteiger partial charge in [0.1, 0.15) is 15.9 Å². The van der Waals surface area contributed by atoms with Gasteiger partial charge in [-0.25, -0.2) is 4.79 Å². The summed E-state index contributed by atoms with van der Waals surface area (Å²) in [6.45, 7) is 1.98. The van der Waals surface area contributed by atoms with E-state index in [0.717, 1.165) is 28.8 Å². The Labute approximate surface area is 152 Å². The van der Waals surface area contributed by atoms with E-state index in [9.17, 15) is 9.59 Å². The van der Waals surface area contributed by atoms with Crippen molar-refractivity contribution in [2.75, 3.05) is 7.11 Å². The molecule has 0 unspecified atom stereocenters. The Morgan fingerprint density at radius 1 is 1.32 bits per heavy atom. The van der Waals surface area contributed by atoms with Crippen molar-refractivity contribution in [1.29, 1.82) is 5.41 Å². The molecule has 0 aliphatic carbocycles. The molecule has 8 heteroatoms. The number of aromatic nitrogens is 2. The SMILES string of the molecule is CCc1nnc([C@H]2C(=N)S/C(=C\c3ccc(C(=O)OC)cc3)C2=O)s1. The number of carbonyl (C=O) groups is 2. The van der Waals surface area contributed by atoms with E-state index in [1.807, 2.05) is 6.92 Å². The Kier molecular flexibility index (Phi) is 5.10. The van der Waals surface area contributed by atoms with Crippen molar-refractivity contribution in [3.8, 4) is 0 Å². The summed E-state index contributed by atoms with van der Waals surface area (Å²) >= 11 is 2.52. The number of hydrogen-bond acceptors (Lipinski definition) is 8. The topological polar surface area (TPSA) is 93.0 Å². The van der Waals surface area contributed by atoms with Crippen LogP contribution in [0, 0.1) is 5.41 Å².